The minimum absolute atomic E-state index is 0.117. The Labute approximate surface area is 233 Å². The summed E-state index contributed by atoms with van der Waals surface area (Å²) >= 11 is 0. The Morgan fingerprint density at radius 3 is 1.93 bits per heavy atom. The van der Waals surface area contributed by atoms with Crippen LogP contribution in [0.3, 0.4) is 0 Å². The van der Waals surface area contributed by atoms with Crippen LogP contribution in [0.4, 0.5) is 18.9 Å². The van der Waals surface area contributed by atoms with E-state index in [1.54, 1.807) is 0 Å². The van der Waals surface area contributed by atoms with Crippen molar-refractivity contribution in [1.29, 1.82) is 0 Å². The lowest BCUT2D eigenvalue weighted by Crippen LogP contribution is -2.18. The summed E-state index contributed by atoms with van der Waals surface area (Å²) < 4.78 is 41.7. The van der Waals surface area contributed by atoms with E-state index in [9.17, 15) is 13.2 Å². The lowest BCUT2D eigenvalue weighted by molar-refractivity contribution is -0.137. The largest absolute Gasteiger partial charge is 0.416 e. The first-order valence-corrected chi connectivity index (χ1v) is 13.6. The fourth-order valence-electron chi connectivity index (χ4n) is 5.26. The van der Waals surface area contributed by atoms with Crippen molar-refractivity contribution in [2.45, 2.75) is 51.7 Å². The van der Waals surface area contributed by atoms with Crippen LogP contribution in [0.15, 0.2) is 103 Å². The molecule has 0 fully saturated rings. The third kappa shape index (κ3) is 5.60. The molecule has 40 heavy (non-hydrogen) atoms. The molecule has 5 rings (SSSR count). The molecule has 0 aliphatic carbocycles. The van der Waals surface area contributed by atoms with Gasteiger partial charge in [0.05, 0.1) is 23.0 Å². The second-order valence-electron chi connectivity index (χ2n) is 10.8. The summed E-state index contributed by atoms with van der Waals surface area (Å²) in [7, 11) is 0. The number of halogens is 3. The van der Waals surface area contributed by atoms with Gasteiger partial charge in [-0.15, -0.1) is 0 Å². The van der Waals surface area contributed by atoms with Crippen molar-refractivity contribution in [3.05, 3.63) is 131 Å². The van der Waals surface area contributed by atoms with E-state index in [1.165, 1.54) is 12.1 Å². The fourth-order valence-corrected chi connectivity index (χ4v) is 5.26. The molecule has 0 amide bonds. The van der Waals surface area contributed by atoms with E-state index in [2.05, 4.69) is 29.6 Å². The maximum absolute atomic E-state index is 13.9. The van der Waals surface area contributed by atoms with Crippen molar-refractivity contribution >= 4 is 16.5 Å². The van der Waals surface area contributed by atoms with Crippen LogP contribution in [0.5, 0.6) is 0 Å². The molecule has 4 aromatic carbocycles. The van der Waals surface area contributed by atoms with E-state index in [0.717, 1.165) is 39.0 Å². The van der Waals surface area contributed by atoms with Crippen LogP contribution in [0.25, 0.3) is 22.0 Å². The van der Waals surface area contributed by atoms with Crippen LogP contribution in [0.2, 0.25) is 0 Å². The first-order valence-electron chi connectivity index (χ1n) is 13.6. The van der Waals surface area contributed by atoms with Gasteiger partial charge in [0.15, 0.2) is 0 Å². The van der Waals surface area contributed by atoms with Gasteiger partial charge in [0.1, 0.15) is 0 Å². The Morgan fingerprint density at radius 1 is 0.675 bits per heavy atom. The van der Waals surface area contributed by atoms with Crippen molar-refractivity contribution in [3.8, 4) is 11.3 Å². The van der Waals surface area contributed by atoms with Gasteiger partial charge in [0.2, 0.25) is 0 Å². The third-order valence-corrected chi connectivity index (χ3v) is 7.32. The second-order valence-corrected chi connectivity index (χ2v) is 10.8. The first kappa shape index (κ1) is 27.4. The molecule has 204 valence electrons. The van der Waals surface area contributed by atoms with Crippen LogP contribution in [0, 0.1) is 0 Å². The molecule has 5 aromatic rings. The molecule has 1 heterocycles. The molecule has 1 atom stereocenters. The molecule has 1 unspecified atom stereocenters. The Hall–Kier alpha value is -4.12. The zero-order valence-corrected chi connectivity index (χ0v) is 23.1. The van der Waals surface area contributed by atoms with E-state index in [-0.39, 0.29) is 17.9 Å². The molecule has 0 saturated carbocycles. The highest BCUT2D eigenvalue weighted by atomic mass is 19.4. The molecule has 5 heteroatoms. The summed E-state index contributed by atoms with van der Waals surface area (Å²) in [5.74, 6) is -0.234. The van der Waals surface area contributed by atoms with Crippen LogP contribution >= 0.6 is 0 Å². The number of nitrogens with one attached hydrogen (secondary N) is 1. The molecule has 0 aliphatic rings. The summed E-state index contributed by atoms with van der Waals surface area (Å²) in [6.07, 6.45) is -4.42. The molecular weight excluding hydrogens is 505 g/mol. The van der Waals surface area contributed by atoms with Crippen LogP contribution in [0.1, 0.15) is 73.5 Å². The molecule has 1 aromatic heterocycles. The van der Waals surface area contributed by atoms with E-state index in [1.807, 2.05) is 94.4 Å². The van der Waals surface area contributed by atoms with Gasteiger partial charge in [0.25, 0.3) is 0 Å². The lowest BCUT2D eigenvalue weighted by atomic mass is 9.89. The highest BCUT2D eigenvalue weighted by Gasteiger charge is 2.33. The molecular formula is C35H33F3N2. The number of hydrogen-bond donors (Lipinski definition) is 1. The maximum Gasteiger partial charge on any atom is 0.416 e. The van der Waals surface area contributed by atoms with Gasteiger partial charge < -0.3 is 5.32 Å². The lowest BCUT2D eigenvalue weighted by Gasteiger charge is -2.28. The highest BCUT2D eigenvalue weighted by Crippen LogP contribution is 2.41. The zero-order chi connectivity index (χ0) is 28.4. The molecule has 1 N–H and O–H groups in total. The topological polar surface area (TPSA) is 24.9 Å². The maximum atomic E-state index is 13.9. The number of pyridine rings is 1. The number of nitrogens with zero attached hydrogens (tertiary/aromatic N) is 1. The van der Waals surface area contributed by atoms with Gasteiger partial charge in [-0.05, 0) is 63.6 Å². The second kappa shape index (κ2) is 11.2. The number of hydrogen-bond acceptors (Lipinski definition) is 2. The van der Waals surface area contributed by atoms with Crippen molar-refractivity contribution in [2.75, 3.05) is 5.32 Å². The van der Waals surface area contributed by atoms with E-state index < -0.39 is 11.7 Å². The number of aromatic nitrogens is 1. The normalized spacial score (nSPS) is 12.7. The van der Waals surface area contributed by atoms with Gasteiger partial charge in [-0.3, -0.25) is 4.98 Å². The summed E-state index contributed by atoms with van der Waals surface area (Å²) in [5.41, 5.74) is 5.07. The van der Waals surface area contributed by atoms with Gasteiger partial charge in [-0.1, -0.05) is 107 Å². The van der Waals surface area contributed by atoms with Crippen molar-refractivity contribution in [2.24, 2.45) is 0 Å². The van der Waals surface area contributed by atoms with Crippen molar-refractivity contribution < 1.29 is 13.2 Å². The van der Waals surface area contributed by atoms with Gasteiger partial charge in [0, 0.05) is 11.3 Å². The smallest absolute Gasteiger partial charge is 0.372 e. The zero-order valence-electron chi connectivity index (χ0n) is 23.1. The fraction of sp³-hybridized carbons (Fsp3) is 0.229. The van der Waals surface area contributed by atoms with Crippen molar-refractivity contribution in [3.63, 3.8) is 0 Å². The Morgan fingerprint density at radius 2 is 1.27 bits per heavy atom. The summed E-state index contributed by atoms with van der Waals surface area (Å²) in [5, 5.41) is 5.93. The molecule has 0 radical (unpaired) electrons. The molecule has 0 bridgehead atoms. The Bertz CT molecular complexity index is 1590. The van der Waals surface area contributed by atoms with Gasteiger partial charge >= 0.3 is 6.18 Å². The first-order chi connectivity index (χ1) is 19.1. The Kier molecular flexibility index (Phi) is 7.66. The van der Waals surface area contributed by atoms with Crippen molar-refractivity contribution in [1.82, 2.24) is 4.98 Å². The summed E-state index contributed by atoms with van der Waals surface area (Å²) in [6.45, 7) is 7.73. The highest BCUT2D eigenvalue weighted by molar-refractivity contribution is 5.95. The number of alkyl halides is 3. The molecule has 0 saturated heterocycles. The number of anilines is 1. The number of fused-ring (bicyclic) bond motifs is 1. The van der Waals surface area contributed by atoms with Crippen LogP contribution in [-0.2, 0) is 6.18 Å². The van der Waals surface area contributed by atoms with Gasteiger partial charge in [-0.25, -0.2) is 0 Å². The minimum atomic E-state index is -4.42. The van der Waals surface area contributed by atoms with E-state index in [4.69, 9.17) is 4.98 Å². The minimum Gasteiger partial charge on any atom is -0.372 e. The standard InChI is InChI=1S/C35H33F3N2/c1-22(2)29-20-26(35(36,37)38)21-30(23(3)4)34(29)40-33(25-13-6-5-7-14-25)32-19-11-18-31(39-32)28-17-10-15-24-12-8-9-16-27(24)28/h5-23,33,40H,1-4H3. The average molecular weight is 539 g/mol. The predicted molar refractivity (Wildman–Crippen MR) is 159 cm³/mol. The van der Waals surface area contributed by atoms with E-state index >= 15 is 0 Å². The number of benzene rings is 4. The SMILES string of the molecule is CC(C)c1cc(C(F)(F)F)cc(C(C)C)c1NC(c1ccccc1)c1cccc(-c2cccc3ccccc23)n1. The molecule has 0 spiro atoms. The van der Waals surface area contributed by atoms with E-state index in [0.29, 0.717) is 11.1 Å². The van der Waals surface area contributed by atoms with Crippen LogP contribution < -0.4 is 5.32 Å². The Balaban J connectivity index is 1.67. The van der Waals surface area contributed by atoms with Crippen LogP contribution in [-0.4, -0.2) is 4.98 Å². The third-order valence-electron chi connectivity index (χ3n) is 7.32. The summed E-state index contributed by atoms with van der Waals surface area (Å²) in [6, 6.07) is 32.6. The average Bonchev–Trinajstić information content (AvgIpc) is 2.95. The monoisotopic (exact) mass is 538 g/mol. The summed E-state index contributed by atoms with van der Waals surface area (Å²) in [4.78, 5) is 5.13. The predicted octanol–water partition coefficient (Wildman–Crippen LogP) is 10.4. The number of rotatable bonds is 7. The molecule has 0 aliphatic heterocycles. The molecule has 2 nitrogen and oxygen atoms in total. The quantitative estimate of drug-likeness (QED) is 0.223. The van der Waals surface area contributed by atoms with Gasteiger partial charge in [-0.2, -0.15) is 13.2 Å².